The van der Waals surface area contributed by atoms with Gasteiger partial charge in [0, 0.05) is 19.7 Å². The van der Waals surface area contributed by atoms with E-state index in [0.717, 1.165) is 6.42 Å². The largest absolute Gasteiger partial charge is 0.481 e. The molecule has 102 valence electrons. The van der Waals surface area contributed by atoms with Crippen molar-refractivity contribution >= 4 is 17.5 Å². The summed E-state index contributed by atoms with van der Waals surface area (Å²) in [5.41, 5.74) is 0.336. The van der Waals surface area contributed by atoms with E-state index < -0.39 is 0 Å². The van der Waals surface area contributed by atoms with E-state index in [1.54, 1.807) is 13.1 Å². The fourth-order valence-electron chi connectivity index (χ4n) is 1.64. The predicted octanol–water partition coefficient (Wildman–Crippen LogP) is 1.81. The van der Waals surface area contributed by atoms with Crippen LogP contribution >= 0.6 is 11.6 Å². The summed E-state index contributed by atoms with van der Waals surface area (Å²) in [5.74, 6) is 0.826. The highest BCUT2D eigenvalue weighted by molar-refractivity contribution is 6.20. The molecule has 5 nitrogen and oxygen atoms in total. The van der Waals surface area contributed by atoms with Crippen molar-refractivity contribution in [1.29, 1.82) is 0 Å². The van der Waals surface area contributed by atoms with Crippen molar-refractivity contribution in [3.05, 3.63) is 11.8 Å². The Labute approximate surface area is 112 Å². The van der Waals surface area contributed by atoms with Crippen LogP contribution in [0.3, 0.4) is 0 Å². The van der Waals surface area contributed by atoms with E-state index >= 15 is 0 Å². The molecule has 1 rings (SSSR count). The molecule has 0 aliphatic rings. The molecule has 0 aliphatic heterocycles. The number of amides is 1. The van der Waals surface area contributed by atoms with Crippen LogP contribution in [0.4, 0.5) is 0 Å². The number of ether oxygens (including phenoxy) is 1. The molecule has 1 amide bonds. The van der Waals surface area contributed by atoms with Crippen molar-refractivity contribution in [3.8, 4) is 5.88 Å². The Balaban J connectivity index is 2.50. The summed E-state index contributed by atoms with van der Waals surface area (Å²) in [6.45, 7) is 4.64. The van der Waals surface area contributed by atoms with Crippen molar-refractivity contribution in [2.75, 3.05) is 13.7 Å². The number of nitrogens with zero attached hydrogens (tertiary/aromatic N) is 2. The zero-order chi connectivity index (χ0) is 13.7. The Morgan fingerprint density at radius 2 is 2.28 bits per heavy atom. The molecule has 0 aromatic carbocycles. The van der Waals surface area contributed by atoms with Gasteiger partial charge in [0.05, 0.1) is 12.5 Å². The second kappa shape index (κ2) is 6.64. The summed E-state index contributed by atoms with van der Waals surface area (Å²) in [7, 11) is 3.26. The van der Waals surface area contributed by atoms with E-state index in [9.17, 15) is 4.79 Å². The van der Waals surface area contributed by atoms with E-state index in [0.29, 0.717) is 24.0 Å². The number of aryl methyl sites for hydroxylation is 1. The monoisotopic (exact) mass is 273 g/mol. The summed E-state index contributed by atoms with van der Waals surface area (Å²) in [6.07, 6.45) is 0.868. The SMILES string of the molecule is COc1cc(C(=O)NCC(Cl)CC(C)C)nn1C. The van der Waals surface area contributed by atoms with Gasteiger partial charge < -0.3 is 10.1 Å². The highest BCUT2D eigenvalue weighted by Gasteiger charge is 2.14. The second-order valence-electron chi connectivity index (χ2n) is 4.63. The Morgan fingerprint density at radius 3 is 2.78 bits per heavy atom. The normalized spacial score (nSPS) is 12.6. The molecule has 0 saturated heterocycles. The van der Waals surface area contributed by atoms with Gasteiger partial charge in [0.2, 0.25) is 5.88 Å². The molecule has 18 heavy (non-hydrogen) atoms. The van der Waals surface area contributed by atoms with Crippen molar-refractivity contribution in [2.45, 2.75) is 25.6 Å². The zero-order valence-electron chi connectivity index (χ0n) is 11.2. The number of nitrogens with one attached hydrogen (secondary N) is 1. The number of carbonyl (C=O) groups excluding carboxylic acids is 1. The number of methoxy groups -OCH3 is 1. The summed E-state index contributed by atoms with van der Waals surface area (Å²) in [4.78, 5) is 11.8. The molecule has 0 radical (unpaired) electrons. The van der Waals surface area contributed by atoms with Crippen LogP contribution in [-0.4, -0.2) is 34.7 Å². The lowest BCUT2D eigenvalue weighted by atomic mass is 10.1. The van der Waals surface area contributed by atoms with Gasteiger partial charge in [-0.25, -0.2) is 4.68 Å². The molecule has 0 aliphatic carbocycles. The van der Waals surface area contributed by atoms with Crippen LogP contribution in [0.2, 0.25) is 0 Å². The molecule has 6 heteroatoms. The lowest BCUT2D eigenvalue weighted by Gasteiger charge is -2.12. The van der Waals surface area contributed by atoms with E-state index in [2.05, 4.69) is 24.3 Å². The Bertz CT molecular complexity index is 404. The smallest absolute Gasteiger partial charge is 0.271 e. The molecular weight excluding hydrogens is 254 g/mol. The van der Waals surface area contributed by atoms with Gasteiger partial charge in [-0.15, -0.1) is 11.6 Å². The van der Waals surface area contributed by atoms with Gasteiger partial charge in [0.25, 0.3) is 5.91 Å². The third-order valence-corrected chi connectivity index (χ3v) is 2.82. The fraction of sp³-hybridized carbons (Fsp3) is 0.667. The highest BCUT2D eigenvalue weighted by atomic mass is 35.5. The molecule has 1 aromatic rings. The predicted molar refractivity (Wildman–Crippen MR) is 71.2 cm³/mol. The van der Waals surface area contributed by atoms with Gasteiger partial charge in [0.1, 0.15) is 0 Å². The lowest BCUT2D eigenvalue weighted by molar-refractivity contribution is 0.0947. The van der Waals surface area contributed by atoms with Crippen LogP contribution in [-0.2, 0) is 7.05 Å². The zero-order valence-corrected chi connectivity index (χ0v) is 12.0. The number of hydrogen-bond donors (Lipinski definition) is 1. The molecule has 0 saturated carbocycles. The molecule has 1 atom stereocenters. The van der Waals surface area contributed by atoms with E-state index in [4.69, 9.17) is 16.3 Å². The summed E-state index contributed by atoms with van der Waals surface area (Å²) < 4.78 is 6.56. The second-order valence-corrected chi connectivity index (χ2v) is 5.25. The number of aromatic nitrogens is 2. The van der Waals surface area contributed by atoms with Crippen LogP contribution in [0, 0.1) is 5.92 Å². The third-order valence-electron chi connectivity index (χ3n) is 2.49. The third kappa shape index (κ3) is 4.22. The summed E-state index contributed by atoms with van der Waals surface area (Å²) >= 11 is 6.11. The average Bonchev–Trinajstić information content (AvgIpc) is 2.66. The maximum atomic E-state index is 11.8. The first kappa shape index (κ1) is 14.8. The summed E-state index contributed by atoms with van der Waals surface area (Å²) in [6, 6.07) is 1.60. The number of halogens is 1. The van der Waals surface area contributed by atoms with Gasteiger partial charge in [0.15, 0.2) is 5.69 Å². The molecule has 1 unspecified atom stereocenters. The molecule has 1 N–H and O–H groups in total. The number of rotatable bonds is 6. The maximum absolute atomic E-state index is 11.8. The average molecular weight is 274 g/mol. The number of alkyl halides is 1. The van der Waals surface area contributed by atoms with Crippen LogP contribution in [0.25, 0.3) is 0 Å². The maximum Gasteiger partial charge on any atom is 0.271 e. The van der Waals surface area contributed by atoms with E-state index in [1.165, 1.54) is 11.8 Å². The molecule has 0 bridgehead atoms. The molecule has 0 fully saturated rings. The quantitative estimate of drug-likeness (QED) is 0.805. The van der Waals surface area contributed by atoms with Crippen LogP contribution < -0.4 is 10.1 Å². The first-order valence-electron chi connectivity index (χ1n) is 5.94. The Morgan fingerprint density at radius 1 is 1.61 bits per heavy atom. The first-order chi connectivity index (χ1) is 8.43. The van der Waals surface area contributed by atoms with E-state index in [1.807, 2.05) is 0 Å². The highest BCUT2D eigenvalue weighted by Crippen LogP contribution is 2.12. The van der Waals surface area contributed by atoms with Crippen LogP contribution in [0.15, 0.2) is 6.07 Å². The number of carbonyl (C=O) groups is 1. The van der Waals surface area contributed by atoms with Crippen molar-refractivity contribution in [3.63, 3.8) is 0 Å². The van der Waals surface area contributed by atoms with Gasteiger partial charge in [-0.1, -0.05) is 13.8 Å². The van der Waals surface area contributed by atoms with Gasteiger partial charge in [-0.2, -0.15) is 5.10 Å². The minimum absolute atomic E-state index is 0.0560. The van der Waals surface area contributed by atoms with Crippen molar-refractivity contribution < 1.29 is 9.53 Å². The lowest BCUT2D eigenvalue weighted by Crippen LogP contribution is -2.30. The summed E-state index contributed by atoms with van der Waals surface area (Å²) in [5, 5.41) is 6.77. The molecule has 1 heterocycles. The first-order valence-corrected chi connectivity index (χ1v) is 6.38. The van der Waals surface area contributed by atoms with Gasteiger partial charge in [-0.3, -0.25) is 4.79 Å². The molecule has 0 spiro atoms. The van der Waals surface area contributed by atoms with Gasteiger partial charge >= 0.3 is 0 Å². The minimum atomic E-state index is -0.233. The van der Waals surface area contributed by atoms with Gasteiger partial charge in [-0.05, 0) is 12.3 Å². The fourth-order valence-corrected chi connectivity index (χ4v) is 2.07. The van der Waals surface area contributed by atoms with Crippen LogP contribution in [0.1, 0.15) is 30.8 Å². The number of hydrogen-bond acceptors (Lipinski definition) is 3. The van der Waals surface area contributed by atoms with Crippen LogP contribution in [0.5, 0.6) is 5.88 Å². The Kier molecular flexibility index (Phi) is 5.47. The molecule has 1 aromatic heterocycles. The minimum Gasteiger partial charge on any atom is -0.481 e. The standard InChI is InChI=1S/C12H20ClN3O2/c1-8(2)5-9(13)7-14-12(17)10-6-11(18-4)16(3)15-10/h6,8-9H,5,7H2,1-4H3,(H,14,17). The van der Waals surface area contributed by atoms with Crippen molar-refractivity contribution in [2.24, 2.45) is 13.0 Å². The topological polar surface area (TPSA) is 56.1 Å². The van der Waals surface area contributed by atoms with Crippen molar-refractivity contribution in [1.82, 2.24) is 15.1 Å². The Hall–Kier alpha value is -1.23. The molecular formula is C12H20ClN3O2. The van der Waals surface area contributed by atoms with E-state index in [-0.39, 0.29) is 11.3 Å².